The predicted octanol–water partition coefficient (Wildman–Crippen LogP) is 4.09. The molecule has 0 aromatic heterocycles. The summed E-state index contributed by atoms with van der Waals surface area (Å²) in [7, 11) is 0. The largest absolute Gasteiger partial charge is 0.480 e. The number of carbonyl (C=O) groups is 1. The zero-order chi connectivity index (χ0) is 15.5. The Labute approximate surface area is 130 Å². The van der Waals surface area contributed by atoms with Gasteiger partial charge in [0.2, 0.25) is 0 Å². The molecule has 2 rings (SSSR count). The lowest BCUT2D eigenvalue weighted by Gasteiger charge is -2.27. The molecule has 0 aliphatic heterocycles. The molecule has 0 aliphatic carbocycles. The van der Waals surface area contributed by atoms with Gasteiger partial charge in [-0.05, 0) is 48.9 Å². The molecule has 2 aromatic rings. The summed E-state index contributed by atoms with van der Waals surface area (Å²) in [5.74, 6) is -1.32. The quantitative estimate of drug-likeness (QED) is 0.852. The van der Waals surface area contributed by atoms with Crippen molar-refractivity contribution in [1.82, 2.24) is 0 Å². The molecule has 5 heteroatoms. The van der Waals surface area contributed by atoms with Crippen molar-refractivity contribution in [1.29, 1.82) is 0 Å². The van der Waals surface area contributed by atoms with Crippen LogP contribution in [-0.2, 0) is 11.2 Å². The second-order valence-corrected chi connectivity index (χ2v) is 5.99. The molecule has 3 nitrogen and oxygen atoms in total. The summed E-state index contributed by atoms with van der Waals surface area (Å²) in [4.78, 5) is 11.6. The smallest absolute Gasteiger partial charge is 0.329 e. The summed E-state index contributed by atoms with van der Waals surface area (Å²) in [5.41, 5.74) is 0.294. The van der Waals surface area contributed by atoms with E-state index in [-0.39, 0.29) is 5.82 Å². The first kappa shape index (κ1) is 15.5. The van der Waals surface area contributed by atoms with Crippen molar-refractivity contribution in [2.45, 2.75) is 18.9 Å². The van der Waals surface area contributed by atoms with Crippen molar-refractivity contribution in [2.75, 3.05) is 5.32 Å². The van der Waals surface area contributed by atoms with E-state index in [9.17, 15) is 14.3 Å². The Morgan fingerprint density at radius 2 is 1.76 bits per heavy atom. The standard InChI is InChI=1S/C16H15BrFNO2/c1-16(15(20)21,10-11-2-4-12(17)5-3-11)19-14-8-6-13(18)7-9-14/h2-9,19H,10H2,1H3,(H,20,21). The van der Waals surface area contributed by atoms with Gasteiger partial charge < -0.3 is 10.4 Å². The summed E-state index contributed by atoms with van der Waals surface area (Å²) in [6.45, 7) is 1.61. The van der Waals surface area contributed by atoms with Gasteiger partial charge in [0.25, 0.3) is 0 Å². The van der Waals surface area contributed by atoms with E-state index >= 15 is 0 Å². The summed E-state index contributed by atoms with van der Waals surface area (Å²) >= 11 is 3.35. The predicted molar refractivity (Wildman–Crippen MR) is 83.9 cm³/mol. The zero-order valence-electron chi connectivity index (χ0n) is 11.4. The highest BCUT2D eigenvalue weighted by atomic mass is 79.9. The summed E-state index contributed by atoms with van der Waals surface area (Å²) in [6, 6.07) is 13.1. The minimum absolute atomic E-state index is 0.312. The third-order valence-corrected chi connectivity index (χ3v) is 3.74. The average molecular weight is 352 g/mol. The number of hydrogen-bond acceptors (Lipinski definition) is 2. The molecule has 0 amide bonds. The number of rotatable bonds is 5. The molecule has 1 unspecified atom stereocenters. The fourth-order valence-corrected chi connectivity index (χ4v) is 2.30. The minimum Gasteiger partial charge on any atom is -0.480 e. The first-order valence-corrected chi connectivity index (χ1v) is 7.20. The van der Waals surface area contributed by atoms with Crippen molar-refractivity contribution in [3.8, 4) is 0 Å². The van der Waals surface area contributed by atoms with Gasteiger partial charge >= 0.3 is 5.97 Å². The number of carboxylic acid groups (broad SMARTS) is 1. The normalized spacial score (nSPS) is 13.5. The van der Waals surface area contributed by atoms with Crippen molar-refractivity contribution < 1.29 is 14.3 Å². The number of nitrogens with one attached hydrogen (secondary N) is 1. The molecule has 0 heterocycles. The zero-order valence-corrected chi connectivity index (χ0v) is 13.0. The number of carboxylic acids is 1. The summed E-state index contributed by atoms with van der Waals surface area (Å²) in [5, 5.41) is 12.5. The highest BCUT2D eigenvalue weighted by molar-refractivity contribution is 9.10. The van der Waals surface area contributed by atoms with Gasteiger partial charge in [0.1, 0.15) is 11.4 Å². The molecule has 21 heavy (non-hydrogen) atoms. The van der Waals surface area contributed by atoms with Gasteiger partial charge in [-0.3, -0.25) is 0 Å². The van der Waals surface area contributed by atoms with E-state index in [1.165, 1.54) is 24.3 Å². The fourth-order valence-electron chi connectivity index (χ4n) is 2.04. The van der Waals surface area contributed by atoms with Crippen LogP contribution in [0.15, 0.2) is 53.0 Å². The fraction of sp³-hybridized carbons (Fsp3) is 0.188. The van der Waals surface area contributed by atoms with E-state index in [0.29, 0.717) is 12.1 Å². The van der Waals surface area contributed by atoms with Crippen molar-refractivity contribution in [3.63, 3.8) is 0 Å². The molecule has 110 valence electrons. The molecular formula is C16H15BrFNO2. The van der Waals surface area contributed by atoms with Gasteiger partial charge in [0, 0.05) is 16.6 Å². The lowest BCUT2D eigenvalue weighted by atomic mass is 9.92. The Kier molecular flexibility index (Phi) is 4.63. The first-order valence-electron chi connectivity index (χ1n) is 6.41. The van der Waals surface area contributed by atoms with E-state index in [4.69, 9.17) is 0 Å². The number of benzene rings is 2. The second kappa shape index (κ2) is 6.26. The Balaban J connectivity index is 2.21. The van der Waals surface area contributed by atoms with Crippen LogP contribution >= 0.6 is 15.9 Å². The molecule has 2 aromatic carbocycles. The van der Waals surface area contributed by atoms with Crippen molar-refractivity contribution >= 4 is 27.6 Å². The molecule has 0 radical (unpaired) electrons. The number of aliphatic carboxylic acids is 1. The van der Waals surface area contributed by atoms with Crippen LogP contribution in [0.4, 0.5) is 10.1 Å². The molecule has 0 saturated heterocycles. The SMILES string of the molecule is CC(Cc1ccc(Br)cc1)(Nc1ccc(F)cc1)C(=O)O. The number of halogens is 2. The molecule has 0 aliphatic rings. The lowest BCUT2D eigenvalue weighted by molar-refractivity contribution is -0.141. The Hall–Kier alpha value is -1.88. The van der Waals surface area contributed by atoms with Crippen LogP contribution in [0, 0.1) is 5.82 Å². The van der Waals surface area contributed by atoms with Crippen LogP contribution in [0.5, 0.6) is 0 Å². The van der Waals surface area contributed by atoms with E-state index in [1.807, 2.05) is 24.3 Å². The van der Waals surface area contributed by atoms with Gasteiger partial charge in [-0.25, -0.2) is 9.18 Å². The number of anilines is 1. The Morgan fingerprint density at radius 1 is 1.19 bits per heavy atom. The molecule has 0 fully saturated rings. The van der Waals surface area contributed by atoms with E-state index < -0.39 is 11.5 Å². The topological polar surface area (TPSA) is 49.3 Å². The molecule has 2 N–H and O–H groups in total. The van der Waals surface area contributed by atoms with Crippen LogP contribution in [0.2, 0.25) is 0 Å². The minimum atomic E-state index is -1.17. The highest BCUT2D eigenvalue weighted by Gasteiger charge is 2.33. The first-order chi connectivity index (χ1) is 9.89. The van der Waals surface area contributed by atoms with Crippen LogP contribution in [0.1, 0.15) is 12.5 Å². The van der Waals surface area contributed by atoms with Crippen molar-refractivity contribution in [3.05, 3.63) is 64.4 Å². The summed E-state index contributed by atoms with van der Waals surface area (Å²) < 4.78 is 13.9. The Bertz CT molecular complexity index is 578. The van der Waals surface area contributed by atoms with Crippen LogP contribution in [0.25, 0.3) is 0 Å². The molecular weight excluding hydrogens is 337 g/mol. The summed E-state index contributed by atoms with van der Waals surface area (Å²) in [6.07, 6.45) is 0.312. The van der Waals surface area contributed by atoms with Crippen LogP contribution in [-0.4, -0.2) is 16.6 Å². The van der Waals surface area contributed by atoms with Crippen LogP contribution in [0.3, 0.4) is 0 Å². The van der Waals surface area contributed by atoms with Gasteiger partial charge in [0.15, 0.2) is 0 Å². The molecule has 0 saturated carbocycles. The molecule has 1 atom stereocenters. The van der Waals surface area contributed by atoms with Gasteiger partial charge in [-0.15, -0.1) is 0 Å². The van der Waals surface area contributed by atoms with E-state index in [1.54, 1.807) is 6.92 Å². The van der Waals surface area contributed by atoms with Crippen LogP contribution < -0.4 is 5.32 Å². The maximum Gasteiger partial charge on any atom is 0.329 e. The molecule has 0 spiro atoms. The molecule has 0 bridgehead atoms. The highest BCUT2D eigenvalue weighted by Crippen LogP contribution is 2.22. The monoisotopic (exact) mass is 351 g/mol. The maximum absolute atomic E-state index is 12.9. The maximum atomic E-state index is 12.9. The van der Waals surface area contributed by atoms with E-state index in [0.717, 1.165) is 10.0 Å². The average Bonchev–Trinajstić information content (AvgIpc) is 2.44. The third kappa shape index (κ3) is 4.04. The number of hydrogen-bond donors (Lipinski definition) is 2. The van der Waals surface area contributed by atoms with Crippen molar-refractivity contribution in [2.24, 2.45) is 0 Å². The van der Waals surface area contributed by atoms with Gasteiger partial charge in [0.05, 0.1) is 0 Å². The van der Waals surface area contributed by atoms with Gasteiger partial charge in [-0.1, -0.05) is 28.1 Å². The Morgan fingerprint density at radius 3 is 2.29 bits per heavy atom. The third-order valence-electron chi connectivity index (χ3n) is 3.21. The van der Waals surface area contributed by atoms with Gasteiger partial charge in [-0.2, -0.15) is 0 Å². The lowest BCUT2D eigenvalue weighted by Crippen LogP contribution is -2.45. The van der Waals surface area contributed by atoms with E-state index in [2.05, 4.69) is 21.2 Å². The second-order valence-electron chi connectivity index (χ2n) is 5.07.